The number of hydrogen-bond donors (Lipinski definition) is 1. The molecule has 0 aliphatic rings. The first-order chi connectivity index (χ1) is 12.0. The molecule has 6 heteroatoms. The number of para-hydroxylation sites is 2. The van der Waals surface area contributed by atoms with Gasteiger partial charge in [0, 0.05) is 23.3 Å². The number of carbonyl (C=O) groups excluding carboxylic acids is 1. The van der Waals surface area contributed by atoms with Gasteiger partial charge >= 0.3 is 0 Å². The van der Waals surface area contributed by atoms with Crippen molar-refractivity contribution in [2.45, 2.75) is 6.92 Å². The van der Waals surface area contributed by atoms with Gasteiger partial charge in [-0.15, -0.1) is 0 Å². The van der Waals surface area contributed by atoms with Gasteiger partial charge in [-0.25, -0.2) is 9.97 Å². The highest BCUT2D eigenvalue weighted by molar-refractivity contribution is 9.10. The van der Waals surface area contributed by atoms with Crippen molar-refractivity contribution in [1.82, 2.24) is 9.97 Å². The van der Waals surface area contributed by atoms with Crippen molar-refractivity contribution >= 4 is 39.0 Å². The van der Waals surface area contributed by atoms with E-state index in [1.807, 2.05) is 54.6 Å². The number of benzene rings is 2. The first-order valence-electron chi connectivity index (χ1n) is 7.75. The molecule has 0 spiro atoms. The van der Waals surface area contributed by atoms with Gasteiger partial charge < -0.3 is 10.2 Å². The molecule has 0 aliphatic heterocycles. The van der Waals surface area contributed by atoms with E-state index in [2.05, 4.69) is 31.2 Å². The molecule has 1 aromatic heterocycles. The molecular formula is C19H17BrN4O. The van der Waals surface area contributed by atoms with Crippen LogP contribution in [0, 0.1) is 6.92 Å². The maximum Gasteiger partial charge on any atom is 0.276 e. The Hall–Kier alpha value is -2.73. The third kappa shape index (κ3) is 4.03. The molecule has 3 aromatic rings. The molecule has 0 saturated heterocycles. The van der Waals surface area contributed by atoms with E-state index < -0.39 is 0 Å². The molecule has 1 amide bonds. The summed E-state index contributed by atoms with van der Waals surface area (Å²) in [5.41, 5.74) is 2.02. The van der Waals surface area contributed by atoms with E-state index in [1.165, 1.54) is 0 Å². The van der Waals surface area contributed by atoms with Crippen LogP contribution >= 0.6 is 15.9 Å². The average molecular weight is 397 g/mol. The first-order valence-corrected chi connectivity index (χ1v) is 8.54. The topological polar surface area (TPSA) is 58.1 Å². The van der Waals surface area contributed by atoms with Gasteiger partial charge in [-0.05, 0) is 47.1 Å². The van der Waals surface area contributed by atoms with Gasteiger partial charge in [0.15, 0.2) is 0 Å². The van der Waals surface area contributed by atoms with Gasteiger partial charge in [-0.2, -0.15) is 0 Å². The van der Waals surface area contributed by atoms with Crippen molar-refractivity contribution in [2.24, 2.45) is 0 Å². The minimum Gasteiger partial charge on any atom is -0.339 e. The summed E-state index contributed by atoms with van der Waals surface area (Å²) in [6.45, 7) is 1.77. The van der Waals surface area contributed by atoms with Crippen molar-refractivity contribution in [3.8, 4) is 0 Å². The van der Waals surface area contributed by atoms with E-state index in [-0.39, 0.29) is 5.91 Å². The normalized spacial score (nSPS) is 10.4. The van der Waals surface area contributed by atoms with Crippen molar-refractivity contribution in [3.63, 3.8) is 0 Å². The summed E-state index contributed by atoms with van der Waals surface area (Å²) in [4.78, 5) is 23.0. The Morgan fingerprint density at radius 1 is 1.04 bits per heavy atom. The maximum atomic E-state index is 12.8. The van der Waals surface area contributed by atoms with E-state index in [4.69, 9.17) is 0 Å². The van der Waals surface area contributed by atoms with Crippen molar-refractivity contribution in [3.05, 3.63) is 76.7 Å². The molecule has 0 radical (unpaired) electrons. The molecule has 5 nitrogen and oxygen atoms in total. The first kappa shape index (κ1) is 17.1. The molecule has 126 valence electrons. The zero-order valence-electron chi connectivity index (χ0n) is 13.9. The second kappa shape index (κ2) is 7.44. The number of carbonyl (C=O) groups is 1. The smallest absolute Gasteiger partial charge is 0.276 e. The fraction of sp³-hybridized carbons (Fsp3) is 0.105. The summed E-state index contributed by atoms with van der Waals surface area (Å²) in [5.74, 6) is 0.915. The molecule has 3 rings (SSSR count). The lowest BCUT2D eigenvalue weighted by Crippen LogP contribution is -2.27. The molecule has 2 aromatic carbocycles. The Morgan fingerprint density at radius 3 is 2.44 bits per heavy atom. The van der Waals surface area contributed by atoms with Gasteiger partial charge in [-0.1, -0.05) is 30.3 Å². The fourth-order valence-electron chi connectivity index (χ4n) is 2.38. The van der Waals surface area contributed by atoms with Crippen molar-refractivity contribution < 1.29 is 4.79 Å². The summed E-state index contributed by atoms with van der Waals surface area (Å²) in [6.07, 6.45) is 0. The minimum atomic E-state index is -0.188. The molecule has 0 fully saturated rings. The van der Waals surface area contributed by atoms with Crippen LogP contribution in [0.5, 0.6) is 0 Å². The van der Waals surface area contributed by atoms with E-state index in [9.17, 15) is 4.79 Å². The highest BCUT2D eigenvalue weighted by atomic mass is 79.9. The third-order valence-electron chi connectivity index (χ3n) is 3.64. The van der Waals surface area contributed by atoms with E-state index in [1.54, 1.807) is 24.9 Å². The number of anilines is 3. The van der Waals surface area contributed by atoms with Crippen LogP contribution in [0.25, 0.3) is 0 Å². The predicted molar refractivity (Wildman–Crippen MR) is 103 cm³/mol. The number of nitrogens with zero attached hydrogens (tertiary/aromatic N) is 3. The maximum absolute atomic E-state index is 12.8. The van der Waals surface area contributed by atoms with Crippen molar-refractivity contribution in [1.29, 1.82) is 0 Å². The van der Waals surface area contributed by atoms with E-state index in [0.717, 1.165) is 15.8 Å². The van der Waals surface area contributed by atoms with Gasteiger partial charge in [0.05, 0.1) is 5.69 Å². The summed E-state index contributed by atoms with van der Waals surface area (Å²) in [6, 6.07) is 18.9. The highest BCUT2D eigenvalue weighted by Crippen LogP contribution is 2.25. The van der Waals surface area contributed by atoms with Gasteiger partial charge in [0.2, 0.25) is 0 Å². The van der Waals surface area contributed by atoms with Crippen LogP contribution in [-0.2, 0) is 0 Å². The Bertz CT molecular complexity index is 899. The van der Waals surface area contributed by atoms with E-state index >= 15 is 0 Å². The molecule has 0 bridgehead atoms. The quantitative estimate of drug-likeness (QED) is 0.701. The second-order valence-corrected chi connectivity index (χ2v) is 6.34. The summed E-state index contributed by atoms with van der Waals surface area (Å²) in [5, 5.41) is 3.22. The lowest BCUT2D eigenvalue weighted by Gasteiger charge is -2.17. The van der Waals surface area contributed by atoms with Gasteiger partial charge in [-0.3, -0.25) is 4.79 Å². The van der Waals surface area contributed by atoms with Gasteiger partial charge in [0.1, 0.15) is 17.3 Å². The van der Waals surface area contributed by atoms with E-state index in [0.29, 0.717) is 17.3 Å². The molecule has 0 atom stereocenters. The van der Waals surface area contributed by atoms with Crippen LogP contribution in [0.1, 0.15) is 16.3 Å². The lowest BCUT2D eigenvalue weighted by molar-refractivity contribution is 0.0988. The molecule has 1 heterocycles. The highest BCUT2D eigenvalue weighted by Gasteiger charge is 2.17. The monoisotopic (exact) mass is 396 g/mol. The molecule has 0 saturated carbocycles. The molecule has 1 N–H and O–H groups in total. The Morgan fingerprint density at radius 2 is 1.72 bits per heavy atom. The Labute approximate surface area is 154 Å². The lowest BCUT2D eigenvalue weighted by atomic mass is 10.2. The van der Waals surface area contributed by atoms with Crippen LogP contribution in [0.15, 0.2) is 65.1 Å². The number of halogens is 1. The number of aromatic nitrogens is 2. The molecule has 25 heavy (non-hydrogen) atoms. The van der Waals surface area contributed by atoms with Crippen LogP contribution < -0.4 is 10.2 Å². The molecular weight excluding hydrogens is 380 g/mol. The number of rotatable bonds is 4. The average Bonchev–Trinajstić information content (AvgIpc) is 2.62. The number of hydrogen-bond acceptors (Lipinski definition) is 4. The standard InChI is InChI=1S/C19H17BrN4O/c1-13-21-17(19(25)24(2)14-8-4-3-5-9-14)12-18(22-13)23-16-11-7-6-10-15(16)20/h3-12H,1-2H3,(H,21,22,23). The Balaban J connectivity index is 1.89. The predicted octanol–water partition coefficient (Wildman–Crippen LogP) is 4.57. The Kier molecular flexibility index (Phi) is 5.09. The molecule has 0 aliphatic carbocycles. The third-order valence-corrected chi connectivity index (χ3v) is 4.33. The largest absolute Gasteiger partial charge is 0.339 e. The van der Waals surface area contributed by atoms with Crippen LogP contribution in [-0.4, -0.2) is 22.9 Å². The number of amides is 1. The summed E-state index contributed by atoms with van der Waals surface area (Å²) < 4.78 is 0.917. The summed E-state index contributed by atoms with van der Waals surface area (Å²) >= 11 is 3.49. The SMILES string of the molecule is Cc1nc(Nc2ccccc2Br)cc(C(=O)N(C)c2ccccc2)n1. The number of aryl methyl sites for hydroxylation is 1. The van der Waals surface area contributed by atoms with Crippen LogP contribution in [0.3, 0.4) is 0 Å². The zero-order valence-corrected chi connectivity index (χ0v) is 15.5. The van der Waals surface area contributed by atoms with Crippen LogP contribution in [0.2, 0.25) is 0 Å². The van der Waals surface area contributed by atoms with Gasteiger partial charge in [0.25, 0.3) is 5.91 Å². The molecule has 0 unspecified atom stereocenters. The number of nitrogens with one attached hydrogen (secondary N) is 1. The van der Waals surface area contributed by atoms with Crippen LogP contribution in [0.4, 0.5) is 17.2 Å². The minimum absolute atomic E-state index is 0.188. The zero-order chi connectivity index (χ0) is 17.8. The fourth-order valence-corrected chi connectivity index (χ4v) is 2.77. The second-order valence-electron chi connectivity index (χ2n) is 5.49. The summed E-state index contributed by atoms with van der Waals surface area (Å²) in [7, 11) is 1.73. The van der Waals surface area contributed by atoms with Crippen molar-refractivity contribution in [2.75, 3.05) is 17.3 Å².